The normalized spacial score (nSPS) is 14.5. The van der Waals surface area contributed by atoms with Crippen molar-refractivity contribution in [3.8, 4) is 0 Å². The molecule has 0 aliphatic rings. The topological polar surface area (TPSA) is 18.5 Å². The Morgan fingerprint density at radius 3 is 1.37 bits per heavy atom. The summed E-state index contributed by atoms with van der Waals surface area (Å²) in [4.78, 5) is 0. The Morgan fingerprint density at radius 1 is 0.895 bits per heavy atom. The highest BCUT2D eigenvalue weighted by atomic mass is 32.9. The minimum absolute atomic E-state index is 1.92. The number of hydrogen-bond donors (Lipinski definition) is 1. The van der Waals surface area contributed by atoms with E-state index < -0.39 is 43.6 Å². The van der Waals surface area contributed by atoms with Crippen LogP contribution in [0.5, 0.6) is 0 Å². The van der Waals surface area contributed by atoms with E-state index >= 15 is 0 Å². The Morgan fingerprint density at radius 2 is 1.16 bits per heavy atom. The maximum atomic E-state index is 12.4. The highest BCUT2D eigenvalue weighted by Crippen LogP contribution is 2.55. The first-order chi connectivity index (χ1) is 8.30. The molecular formula is C6H7F8O2PS2. The standard InChI is InChI=1S/C6H7F8O2PS2/c7-3(8)5(11,12)1-15-17(18,19)16-2-6(13,14)4(9)10/h3-4H,1-2H2,(H,18,19). The molecule has 0 aliphatic carbocycles. The van der Waals surface area contributed by atoms with Crippen molar-refractivity contribution in [1.29, 1.82) is 0 Å². The fourth-order valence-electron chi connectivity index (χ4n) is 0.499. The minimum Gasteiger partial charge on any atom is -0.315 e. The highest BCUT2D eigenvalue weighted by Gasteiger charge is 2.44. The summed E-state index contributed by atoms with van der Waals surface area (Å²) in [6, 6.07) is 0. The molecule has 0 N–H and O–H groups in total. The number of hydrogen-bond acceptors (Lipinski definition) is 3. The van der Waals surface area contributed by atoms with Gasteiger partial charge in [-0.3, -0.25) is 0 Å². The second-order valence-corrected chi connectivity index (χ2v) is 8.43. The molecule has 0 spiro atoms. The predicted octanol–water partition coefficient (Wildman–Crippen LogP) is 3.97. The van der Waals surface area contributed by atoms with E-state index in [0.717, 1.165) is 0 Å². The van der Waals surface area contributed by atoms with E-state index in [1.807, 2.05) is 0 Å². The highest BCUT2D eigenvalue weighted by molar-refractivity contribution is 8.60. The fraction of sp³-hybridized carbons (Fsp3) is 1.00. The molecule has 0 aliphatic heterocycles. The second-order valence-electron chi connectivity index (χ2n) is 3.14. The summed E-state index contributed by atoms with van der Waals surface area (Å²) in [7, 11) is 0. The molecule has 0 atom stereocenters. The fourth-order valence-corrected chi connectivity index (χ4v) is 1.91. The zero-order valence-corrected chi connectivity index (χ0v) is 11.3. The second kappa shape index (κ2) is 6.88. The van der Waals surface area contributed by atoms with Gasteiger partial charge in [-0.25, -0.2) is 17.6 Å². The van der Waals surface area contributed by atoms with Crippen LogP contribution in [0.4, 0.5) is 35.1 Å². The lowest BCUT2D eigenvalue weighted by Gasteiger charge is -2.23. The van der Waals surface area contributed by atoms with E-state index in [1.165, 1.54) is 0 Å². The average molecular weight is 358 g/mol. The summed E-state index contributed by atoms with van der Waals surface area (Å²) in [6.07, 6.45) is -8.14. The Bertz CT molecular complexity index is 311. The van der Waals surface area contributed by atoms with Crippen LogP contribution in [0.3, 0.4) is 0 Å². The maximum Gasteiger partial charge on any atom is 0.330 e. The van der Waals surface area contributed by atoms with Gasteiger partial charge in [0.2, 0.25) is 5.69 Å². The molecule has 0 bridgehead atoms. The third-order valence-corrected chi connectivity index (χ3v) is 3.71. The summed E-state index contributed by atoms with van der Waals surface area (Å²) in [5.41, 5.74) is -4.06. The van der Waals surface area contributed by atoms with Gasteiger partial charge in [0, 0.05) is 0 Å². The Kier molecular flexibility index (Phi) is 7.01. The zero-order chi connectivity index (χ0) is 15.5. The van der Waals surface area contributed by atoms with Crippen LogP contribution in [-0.4, -0.2) is 37.9 Å². The number of alkyl halides is 8. The summed E-state index contributed by atoms with van der Waals surface area (Å²) < 4.78 is 105. The summed E-state index contributed by atoms with van der Waals surface area (Å²) in [5, 5.41) is 0. The molecule has 0 radical (unpaired) electrons. The van der Waals surface area contributed by atoms with Gasteiger partial charge in [-0.2, -0.15) is 17.6 Å². The first-order valence-electron chi connectivity index (χ1n) is 4.24. The predicted molar refractivity (Wildman–Crippen MR) is 57.1 cm³/mol. The van der Waals surface area contributed by atoms with Crippen molar-refractivity contribution in [3.63, 3.8) is 0 Å². The first-order valence-corrected chi connectivity index (χ1v) is 8.03. The molecule has 0 aromatic rings. The third kappa shape index (κ3) is 7.07. The van der Waals surface area contributed by atoms with Crippen molar-refractivity contribution in [2.45, 2.75) is 24.7 Å². The van der Waals surface area contributed by atoms with Crippen molar-refractivity contribution < 1.29 is 44.2 Å². The van der Waals surface area contributed by atoms with E-state index in [4.69, 9.17) is 0 Å². The van der Waals surface area contributed by atoms with Crippen molar-refractivity contribution in [1.82, 2.24) is 0 Å². The largest absolute Gasteiger partial charge is 0.330 e. The van der Waals surface area contributed by atoms with E-state index in [-0.39, 0.29) is 0 Å². The van der Waals surface area contributed by atoms with Gasteiger partial charge in [0.15, 0.2) is 0 Å². The Labute approximate surface area is 112 Å². The summed E-state index contributed by atoms with van der Waals surface area (Å²) in [5.74, 6) is -9.16. The van der Waals surface area contributed by atoms with Crippen LogP contribution in [-0.2, 0) is 20.9 Å². The number of halogens is 8. The monoisotopic (exact) mass is 358 g/mol. The van der Waals surface area contributed by atoms with Gasteiger partial charge >= 0.3 is 24.7 Å². The van der Waals surface area contributed by atoms with E-state index in [1.54, 1.807) is 0 Å². The minimum atomic E-state index is -4.58. The molecule has 19 heavy (non-hydrogen) atoms. The van der Waals surface area contributed by atoms with Gasteiger partial charge in [-0.1, -0.05) is 12.2 Å². The van der Waals surface area contributed by atoms with E-state index in [0.29, 0.717) is 0 Å². The Hall–Kier alpha value is 0.360. The van der Waals surface area contributed by atoms with Crippen molar-refractivity contribution in [3.05, 3.63) is 0 Å². The molecule has 0 unspecified atom stereocenters. The molecule has 0 fully saturated rings. The number of thiol groups is 1. The van der Waals surface area contributed by atoms with Crippen molar-refractivity contribution >= 4 is 29.7 Å². The molecule has 0 rings (SSSR count). The van der Waals surface area contributed by atoms with Crippen LogP contribution < -0.4 is 0 Å². The van der Waals surface area contributed by atoms with Crippen LogP contribution in [0.15, 0.2) is 0 Å². The van der Waals surface area contributed by atoms with Gasteiger partial charge < -0.3 is 9.05 Å². The molecule has 0 saturated carbocycles. The third-order valence-electron chi connectivity index (χ3n) is 1.48. The summed E-state index contributed by atoms with van der Waals surface area (Å²) in [6.45, 7) is -3.85. The van der Waals surface area contributed by atoms with Crippen LogP contribution in [0.2, 0.25) is 0 Å². The quantitative estimate of drug-likeness (QED) is 0.402. The van der Waals surface area contributed by atoms with Gasteiger partial charge in [-0.05, 0) is 11.8 Å². The van der Waals surface area contributed by atoms with E-state index in [2.05, 4.69) is 33.1 Å². The molecule has 116 valence electrons. The smallest absolute Gasteiger partial charge is 0.315 e. The molecular weight excluding hydrogens is 351 g/mol. The lowest BCUT2D eigenvalue weighted by Crippen LogP contribution is -2.33. The first kappa shape index (κ1) is 19.4. The van der Waals surface area contributed by atoms with Crippen LogP contribution in [0.1, 0.15) is 0 Å². The van der Waals surface area contributed by atoms with Gasteiger partial charge in [0.1, 0.15) is 13.2 Å². The summed E-state index contributed by atoms with van der Waals surface area (Å²) >= 11 is 7.50. The molecule has 2 nitrogen and oxygen atoms in total. The van der Waals surface area contributed by atoms with Crippen LogP contribution in [0, 0.1) is 0 Å². The lowest BCUT2D eigenvalue weighted by molar-refractivity contribution is -0.155. The zero-order valence-electron chi connectivity index (χ0n) is 8.71. The molecule has 0 aromatic heterocycles. The maximum absolute atomic E-state index is 12.4. The number of rotatable bonds is 8. The van der Waals surface area contributed by atoms with E-state index in [9.17, 15) is 35.1 Å². The SMILES string of the molecule is FC(F)C(F)(F)COP(=S)(S)OCC(F)(F)C(F)F. The van der Waals surface area contributed by atoms with Gasteiger partial charge in [0.25, 0.3) is 0 Å². The Balaban J connectivity index is 4.39. The molecule has 0 saturated heterocycles. The van der Waals surface area contributed by atoms with Gasteiger partial charge in [-0.15, -0.1) is 0 Å². The van der Waals surface area contributed by atoms with Crippen molar-refractivity contribution in [2.75, 3.05) is 13.2 Å². The molecule has 0 aromatic carbocycles. The average Bonchev–Trinajstić information content (AvgIpc) is 2.24. The van der Waals surface area contributed by atoms with Gasteiger partial charge in [0.05, 0.1) is 0 Å². The van der Waals surface area contributed by atoms with Crippen LogP contribution >= 0.6 is 17.9 Å². The molecule has 13 heteroatoms. The molecule has 0 amide bonds. The lowest BCUT2D eigenvalue weighted by atomic mass is 10.4. The molecule has 0 heterocycles. The van der Waals surface area contributed by atoms with Crippen LogP contribution in [0.25, 0.3) is 0 Å². The van der Waals surface area contributed by atoms with Crippen molar-refractivity contribution in [2.24, 2.45) is 0 Å².